The number of rotatable bonds is 20. The Morgan fingerprint density at radius 2 is 0.778 bits per heavy atom. The van der Waals surface area contributed by atoms with Crippen LogP contribution in [0.5, 0.6) is 0 Å². The quantitative estimate of drug-likeness (QED) is 0.132. The number of hydrogen-bond donors (Lipinski definition) is 0. The molecule has 0 aromatic heterocycles. The Bertz CT molecular complexity index is 309. The minimum atomic E-state index is -0.459. The van der Waals surface area contributed by atoms with Crippen LogP contribution >= 0.6 is 0 Å². The summed E-state index contributed by atoms with van der Waals surface area (Å²) in [6.45, 7) is 5.28. The van der Waals surface area contributed by atoms with Gasteiger partial charge in [-0.3, -0.25) is 9.59 Å². The van der Waals surface area contributed by atoms with Crippen LogP contribution in [-0.2, 0) is 19.1 Å². The first-order valence-corrected chi connectivity index (χ1v) is 11.5. The molecule has 0 aromatic carbocycles. The third-order valence-corrected chi connectivity index (χ3v) is 4.81. The van der Waals surface area contributed by atoms with Gasteiger partial charge in [-0.05, 0) is 12.8 Å². The molecule has 4 nitrogen and oxygen atoms in total. The molecule has 0 aromatic rings. The molecule has 0 rings (SSSR count). The summed E-state index contributed by atoms with van der Waals surface area (Å²) in [6, 6.07) is 0. The number of ether oxygens (including phenoxy) is 2. The summed E-state index contributed by atoms with van der Waals surface area (Å²) in [5, 5.41) is 0. The second-order valence-corrected chi connectivity index (χ2v) is 7.57. The van der Waals surface area contributed by atoms with E-state index < -0.39 is 11.9 Å². The minimum Gasteiger partial charge on any atom is -0.465 e. The van der Waals surface area contributed by atoms with Gasteiger partial charge in [0.1, 0.15) is 6.42 Å². The summed E-state index contributed by atoms with van der Waals surface area (Å²) in [7, 11) is 0. The monoisotopic (exact) mass is 384 g/mol. The molecule has 0 saturated heterocycles. The molecule has 0 saturated carbocycles. The fourth-order valence-electron chi connectivity index (χ4n) is 3.06. The lowest BCUT2D eigenvalue weighted by molar-refractivity contribution is -0.154. The fourth-order valence-corrected chi connectivity index (χ4v) is 3.06. The first-order valence-electron chi connectivity index (χ1n) is 11.5. The summed E-state index contributed by atoms with van der Waals surface area (Å²) in [6.07, 6.45) is 19.1. The van der Waals surface area contributed by atoms with Crippen molar-refractivity contribution in [3.8, 4) is 0 Å². The average molecular weight is 385 g/mol. The largest absolute Gasteiger partial charge is 0.465 e. The van der Waals surface area contributed by atoms with Gasteiger partial charge in [-0.25, -0.2) is 0 Å². The maximum atomic E-state index is 11.6. The van der Waals surface area contributed by atoms with E-state index in [4.69, 9.17) is 9.47 Å². The SMILES string of the molecule is CCCCCCCCCCOC(=O)CC(=O)OCCCCCCCCCC. The first kappa shape index (κ1) is 25.9. The second-order valence-electron chi connectivity index (χ2n) is 7.57. The van der Waals surface area contributed by atoms with Gasteiger partial charge in [0.05, 0.1) is 13.2 Å². The highest BCUT2D eigenvalue weighted by molar-refractivity contribution is 5.91. The standard InChI is InChI=1S/C23H44O4/c1-3-5-7-9-11-13-15-17-19-26-22(24)21-23(25)27-20-18-16-14-12-10-8-6-4-2/h3-21H2,1-2H3. The van der Waals surface area contributed by atoms with Gasteiger partial charge in [0, 0.05) is 0 Å². The summed E-state index contributed by atoms with van der Waals surface area (Å²) < 4.78 is 10.2. The van der Waals surface area contributed by atoms with E-state index in [1.807, 2.05) is 0 Å². The number of esters is 2. The Morgan fingerprint density at radius 3 is 1.11 bits per heavy atom. The Morgan fingerprint density at radius 1 is 0.481 bits per heavy atom. The number of unbranched alkanes of at least 4 members (excludes halogenated alkanes) is 14. The molecule has 0 bridgehead atoms. The van der Waals surface area contributed by atoms with E-state index in [0.29, 0.717) is 13.2 Å². The van der Waals surface area contributed by atoms with E-state index in [1.54, 1.807) is 0 Å². The van der Waals surface area contributed by atoms with Gasteiger partial charge in [0.2, 0.25) is 0 Å². The van der Waals surface area contributed by atoms with E-state index >= 15 is 0 Å². The summed E-state index contributed by atoms with van der Waals surface area (Å²) in [4.78, 5) is 23.2. The molecule has 0 aliphatic carbocycles. The smallest absolute Gasteiger partial charge is 0.317 e. The van der Waals surface area contributed by atoms with Crippen molar-refractivity contribution in [2.24, 2.45) is 0 Å². The lowest BCUT2D eigenvalue weighted by Gasteiger charge is -2.06. The Kier molecular flexibility index (Phi) is 20.4. The van der Waals surface area contributed by atoms with Crippen LogP contribution in [0.2, 0.25) is 0 Å². The van der Waals surface area contributed by atoms with Crippen molar-refractivity contribution >= 4 is 11.9 Å². The highest BCUT2D eigenvalue weighted by Crippen LogP contribution is 2.09. The normalized spacial score (nSPS) is 10.7. The van der Waals surface area contributed by atoms with Crippen LogP contribution in [0.3, 0.4) is 0 Å². The van der Waals surface area contributed by atoms with Gasteiger partial charge in [-0.1, -0.05) is 104 Å². The highest BCUT2D eigenvalue weighted by atomic mass is 16.6. The molecule has 0 fully saturated rings. The van der Waals surface area contributed by atoms with E-state index in [-0.39, 0.29) is 6.42 Å². The van der Waals surface area contributed by atoms with Gasteiger partial charge in [0.25, 0.3) is 0 Å². The van der Waals surface area contributed by atoms with Crippen LogP contribution in [0.15, 0.2) is 0 Å². The molecular weight excluding hydrogens is 340 g/mol. The van der Waals surface area contributed by atoms with Crippen LogP contribution in [0.25, 0.3) is 0 Å². The fraction of sp³-hybridized carbons (Fsp3) is 0.913. The highest BCUT2D eigenvalue weighted by Gasteiger charge is 2.11. The predicted octanol–water partition coefficient (Wildman–Crippen LogP) is 6.74. The molecule has 0 spiro atoms. The van der Waals surface area contributed by atoms with Gasteiger partial charge in [0.15, 0.2) is 0 Å². The third kappa shape index (κ3) is 21.1. The molecule has 160 valence electrons. The average Bonchev–Trinajstić information content (AvgIpc) is 2.65. The zero-order chi connectivity index (χ0) is 20.0. The van der Waals surface area contributed by atoms with Crippen molar-refractivity contribution in [3.63, 3.8) is 0 Å². The number of carbonyl (C=O) groups excluding carboxylic acids is 2. The molecule has 0 radical (unpaired) electrons. The molecule has 0 aliphatic rings. The molecule has 4 heteroatoms. The third-order valence-electron chi connectivity index (χ3n) is 4.81. The van der Waals surface area contributed by atoms with Gasteiger partial charge in [-0.2, -0.15) is 0 Å². The van der Waals surface area contributed by atoms with Crippen LogP contribution in [0, 0.1) is 0 Å². The van der Waals surface area contributed by atoms with Crippen LogP contribution in [-0.4, -0.2) is 25.2 Å². The van der Waals surface area contributed by atoms with Gasteiger partial charge < -0.3 is 9.47 Å². The van der Waals surface area contributed by atoms with Gasteiger partial charge in [-0.15, -0.1) is 0 Å². The second kappa shape index (κ2) is 21.2. The Labute approximate surface area is 167 Å². The molecular formula is C23H44O4. The first-order chi connectivity index (χ1) is 13.2. The van der Waals surface area contributed by atoms with Crippen molar-refractivity contribution < 1.29 is 19.1 Å². The molecule has 0 aliphatic heterocycles. The Balaban J connectivity index is 3.33. The van der Waals surface area contributed by atoms with E-state index in [2.05, 4.69) is 13.8 Å². The van der Waals surface area contributed by atoms with Crippen molar-refractivity contribution in [1.82, 2.24) is 0 Å². The van der Waals surface area contributed by atoms with Crippen LogP contribution < -0.4 is 0 Å². The summed E-state index contributed by atoms with van der Waals surface area (Å²) in [5.74, 6) is -0.919. The van der Waals surface area contributed by atoms with E-state index in [0.717, 1.165) is 25.7 Å². The molecule has 0 N–H and O–H groups in total. The molecule has 0 unspecified atom stereocenters. The molecule has 0 atom stereocenters. The number of hydrogen-bond acceptors (Lipinski definition) is 4. The van der Waals surface area contributed by atoms with E-state index in [9.17, 15) is 9.59 Å². The Hall–Kier alpha value is -1.06. The molecule has 0 amide bonds. The lowest BCUT2D eigenvalue weighted by atomic mass is 10.1. The zero-order valence-corrected chi connectivity index (χ0v) is 18.1. The predicted molar refractivity (Wildman–Crippen MR) is 112 cm³/mol. The van der Waals surface area contributed by atoms with Crippen molar-refractivity contribution in [3.05, 3.63) is 0 Å². The molecule has 0 heterocycles. The van der Waals surface area contributed by atoms with Crippen LogP contribution in [0.4, 0.5) is 0 Å². The molecule has 27 heavy (non-hydrogen) atoms. The van der Waals surface area contributed by atoms with E-state index in [1.165, 1.54) is 77.0 Å². The zero-order valence-electron chi connectivity index (χ0n) is 18.1. The van der Waals surface area contributed by atoms with Crippen molar-refractivity contribution in [2.45, 2.75) is 123 Å². The summed E-state index contributed by atoms with van der Waals surface area (Å²) >= 11 is 0. The maximum absolute atomic E-state index is 11.6. The summed E-state index contributed by atoms with van der Waals surface area (Å²) in [5.41, 5.74) is 0. The van der Waals surface area contributed by atoms with Gasteiger partial charge >= 0.3 is 11.9 Å². The minimum absolute atomic E-state index is 0.256. The lowest BCUT2D eigenvalue weighted by Crippen LogP contribution is -2.15. The van der Waals surface area contributed by atoms with Crippen molar-refractivity contribution in [2.75, 3.05) is 13.2 Å². The topological polar surface area (TPSA) is 52.6 Å². The maximum Gasteiger partial charge on any atom is 0.317 e. The van der Waals surface area contributed by atoms with Crippen molar-refractivity contribution in [1.29, 1.82) is 0 Å². The van der Waals surface area contributed by atoms with Crippen LogP contribution in [0.1, 0.15) is 123 Å². The number of carbonyl (C=O) groups is 2.